The van der Waals surface area contributed by atoms with Crippen molar-refractivity contribution < 1.29 is 4.74 Å². The largest absolute Gasteiger partial charge is 0.488 e. The van der Waals surface area contributed by atoms with E-state index in [4.69, 9.17) is 16.2 Å². The molecule has 0 heterocycles. The fraction of sp³-hybridized carbons (Fsp3) is 0.842. The lowest BCUT2D eigenvalue weighted by Crippen LogP contribution is -2.50. The zero-order valence-electron chi connectivity index (χ0n) is 28.8. The van der Waals surface area contributed by atoms with Gasteiger partial charge in [-0.3, -0.25) is 0 Å². The van der Waals surface area contributed by atoms with Crippen LogP contribution in [0.3, 0.4) is 0 Å². The van der Waals surface area contributed by atoms with Gasteiger partial charge in [0.15, 0.2) is 0 Å². The lowest BCUT2D eigenvalue weighted by Gasteiger charge is -2.57. The Balaban J connectivity index is 0.00000108. The minimum absolute atomic E-state index is 0.274. The van der Waals surface area contributed by atoms with Gasteiger partial charge < -0.3 is 16.2 Å². The van der Waals surface area contributed by atoms with Gasteiger partial charge in [-0.2, -0.15) is 0 Å². The topological polar surface area (TPSA) is 61.3 Å². The van der Waals surface area contributed by atoms with Crippen LogP contribution in [0.15, 0.2) is 18.2 Å². The van der Waals surface area contributed by atoms with Gasteiger partial charge in [0.1, 0.15) is 5.75 Å². The number of benzene rings is 1. The smallest absolute Gasteiger partial charge is 0.142 e. The van der Waals surface area contributed by atoms with Crippen molar-refractivity contribution in [2.75, 3.05) is 11.5 Å². The molecule has 3 nitrogen and oxygen atoms in total. The fourth-order valence-electron chi connectivity index (χ4n) is 9.58. The molecule has 0 aromatic heterocycles. The number of hydrogen-bond acceptors (Lipinski definition) is 3. The number of fused-ring (bicyclic) bond motifs is 1. The molecule has 0 spiro atoms. The zero-order chi connectivity index (χ0) is 30.5. The number of anilines is 2. The first kappa shape index (κ1) is 34.1. The molecule has 41 heavy (non-hydrogen) atoms. The maximum Gasteiger partial charge on any atom is 0.142 e. The first-order valence-electron chi connectivity index (χ1n) is 17.5. The van der Waals surface area contributed by atoms with Gasteiger partial charge in [-0.1, -0.05) is 94.9 Å². The molecular weight excluding hydrogens is 500 g/mol. The van der Waals surface area contributed by atoms with Crippen molar-refractivity contribution in [1.29, 1.82) is 0 Å². The SMILES string of the molecule is CC(C)C.CCC1(C)C(C(C)CCCC(C)C)CCC1C1CCC2CC(Oc3ccc(N)cc3N)CCC2(C)C1C. The van der Waals surface area contributed by atoms with Crippen molar-refractivity contribution in [2.24, 2.45) is 58.2 Å². The molecule has 0 aliphatic heterocycles. The maximum atomic E-state index is 6.45. The van der Waals surface area contributed by atoms with E-state index in [-0.39, 0.29) is 6.10 Å². The molecule has 0 radical (unpaired) electrons. The Morgan fingerprint density at radius 2 is 1.61 bits per heavy atom. The molecule has 9 atom stereocenters. The van der Waals surface area contributed by atoms with Crippen LogP contribution in [0.25, 0.3) is 0 Å². The van der Waals surface area contributed by atoms with E-state index in [1.807, 2.05) is 18.2 Å². The Hall–Kier alpha value is -1.38. The van der Waals surface area contributed by atoms with Crippen molar-refractivity contribution in [1.82, 2.24) is 0 Å². The molecule has 4 N–H and O–H groups in total. The molecule has 3 heteroatoms. The average Bonchev–Trinajstić information content (AvgIpc) is 3.23. The highest BCUT2D eigenvalue weighted by Gasteiger charge is 2.56. The molecule has 3 fully saturated rings. The van der Waals surface area contributed by atoms with Gasteiger partial charge >= 0.3 is 0 Å². The van der Waals surface area contributed by atoms with E-state index in [2.05, 4.69) is 69.2 Å². The molecule has 0 saturated heterocycles. The van der Waals surface area contributed by atoms with Crippen LogP contribution < -0.4 is 16.2 Å². The predicted octanol–water partition coefficient (Wildman–Crippen LogP) is 11.0. The highest BCUT2D eigenvalue weighted by Crippen LogP contribution is 2.64. The second-order valence-electron chi connectivity index (χ2n) is 16.2. The van der Waals surface area contributed by atoms with Crippen LogP contribution in [0.2, 0.25) is 0 Å². The molecule has 1 aromatic rings. The van der Waals surface area contributed by atoms with E-state index in [0.717, 1.165) is 59.5 Å². The average molecular weight is 569 g/mol. The van der Waals surface area contributed by atoms with Crippen molar-refractivity contribution >= 4 is 11.4 Å². The van der Waals surface area contributed by atoms with Crippen molar-refractivity contribution in [3.05, 3.63) is 18.2 Å². The summed E-state index contributed by atoms with van der Waals surface area (Å²) in [5, 5.41) is 0. The normalized spacial score (nSPS) is 36.0. The van der Waals surface area contributed by atoms with Gasteiger partial charge in [-0.25, -0.2) is 0 Å². The summed E-state index contributed by atoms with van der Waals surface area (Å²) in [6.07, 6.45) is 15.1. The lowest BCUT2D eigenvalue weighted by molar-refractivity contribution is -0.0880. The summed E-state index contributed by atoms with van der Waals surface area (Å²) < 4.78 is 6.45. The highest BCUT2D eigenvalue weighted by atomic mass is 16.5. The van der Waals surface area contributed by atoms with Crippen LogP contribution in [-0.4, -0.2) is 6.10 Å². The molecule has 236 valence electrons. The minimum Gasteiger partial charge on any atom is -0.488 e. The third kappa shape index (κ3) is 7.97. The van der Waals surface area contributed by atoms with Crippen molar-refractivity contribution in [3.63, 3.8) is 0 Å². The summed E-state index contributed by atoms with van der Waals surface area (Å²) >= 11 is 0. The zero-order valence-corrected chi connectivity index (χ0v) is 28.8. The molecule has 3 saturated carbocycles. The maximum absolute atomic E-state index is 6.45. The highest BCUT2D eigenvalue weighted by molar-refractivity contribution is 5.60. The van der Waals surface area contributed by atoms with Gasteiger partial charge in [0, 0.05) is 5.69 Å². The molecule has 3 aliphatic carbocycles. The first-order chi connectivity index (χ1) is 19.2. The summed E-state index contributed by atoms with van der Waals surface area (Å²) in [5.41, 5.74) is 14.4. The van der Waals surface area contributed by atoms with E-state index in [9.17, 15) is 0 Å². The molecule has 4 rings (SSSR count). The Labute approximate surface area is 255 Å². The quantitative estimate of drug-likeness (QED) is 0.291. The van der Waals surface area contributed by atoms with E-state index >= 15 is 0 Å². The number of nitrogens with two attached hydrogens (primary N) is 2. The van der Waals surface area contributed by atoms with Crippen LogP contribution in [0.1, 0.15) is 140 Å². The van der Waals surface area contributed by atoms with Gasteiger partial charge in [0.2, 0.25) is 0 Å². The van der Waals surface area contributed by atoms with Crippen LogP contribution in [-0.2, 0) is 0 Å². The Bertz CT molecular complexity index is 939. The fourth-order valence-corrected chi connectivity index (χ4v) is 9.58. The number of nitrogen functional groups attached to an aromatic ring is 2. The summed E-state index contributed by atoms with van der Waals surface area (Å²) in [5.74, 6) is 7.57. The van der Waals surface area contributed by atoms with Crippen LogP contribution >= 0.6 is 0 Å². The summed E-state index contributed by atoms with van der Waals surface area (Å²) in [4.78, 5) is 0. The third-order valence-electron chi connectivity index (χ3n) is 12.2. The predicted molar refractivity (Wildman–Crippen MR) is 180 cm³/mol. The second kappa shape index (κ2) is 14.4. The summed E-state index contributed by atoms with van der Waals surface area (Å²) in [6.45, 7) is 24.3. The van der Waals surface area contributed by atoms with Crippen LogP contribution in [0.5, 0.6) is 5.75 Å². The van der Waals surface area contributed by atoms with Gasteiger partial charge in [0.05, 0.1) is 11.8 Å². The van der Waals surface area contributed by atoms with Crippen LogP contribution in [0.4, 0.5) is 11.4 Å². The summed E-state index contributed by atoms with van der Waals surface area (Å²) in [7, 11) is 0. The molecule has 3 aliphatic rings. The molecule has 0 bridgehead atoms. The molecular formula is C38H68N2O. The van der Waals surface area contributed by atoms with Crippen LogP contribution in [0, 0.1) is 58.2 Å². The van der Waals surface area contributed by atoms with Gasteiger partial charge in [-0.15, -0.1) is 0 Å². The molecule has 9 unspecified atom stereocenters. The van der Waals surface area contributed by atoms with Crippen molar-refractivity contribution in [2.45, 2.75) is 146 Å². The summed E-state index contributed by atoms with van der Waals surface area (Å²) in [6, 6.07) is 5.67. The van der Waals surface area contributed by atoms with Gasteiger partial charge in [-0.05, 0) is 121 Å². The van der Waals surface area contributed by atoms with E-state index in [0.29, 0.717) is 22.2 Å². The lowest BCUT2D eigenvalue weighted by atomic mass is 9.49. The molecule has 0 amide bonds. The number of ether oxygens (including phenoxy) is 1. The number of hydrogen-bond donors (Lipinski definition) is 2. The standard InChI is InChI=1S/C34H58N2O.C4H10/c1-8-33(6)29(23(4)11-9-10-22(2)3)15-16-30(33)28-14-12-25-20-27(18-19-34(25,7)24(28)5)37-32-17-13-26(35)21-31(32)36;1-4(2)3/h13,17,21-25,27-30H,8-12,14-16,18-20,35-36H2,1-7H3;4H,1-3H3. The Morgan fingerprint density at radius 3 is 2.22 bits per heavy atom. The van der Waals surface area contributed by atoms with Gasteiger partial charge in [0.25, 0.3) is 0 Å². The number of rotatable bonds is 9. The van der Waals surface area contributed by atoms with E-state index < -0.39 is 0 Å². The monoisotopic (exact) mass is 569 g/mol. The molecule has 1 aromatic carbocycles. The third-order valence-corrected chi connectivity index (χ3v) is 12.2. The van der Waals surface area contributed by atoms with E-state index in [1.165, 1.54) is 64.2 Å². The Kier molecular flexibility index (Phi) is 12.0. The second-order valence-corrected chi connectivity index (χ2v) is 16.2. The van der Waals surface area contributed by atoms with Crippen molar-refractivity contribution in [3.8, 4) is 5.75 Å². The van der Waals surface area contributed by atoms with E-state index in [1.54, 1.807) is 0 Å². The first-order valence-corrected chi connectivity index (χ1v) is 17.5. The Morgan fingerprint density at radius 1 is 0.927 bits per heavy atom. The minimum atomic E-state index is 0.274.